The van der Waals surface area contributed by atoms with Crippen LogP contribution in [0.15, 0.2) is 53.8 Å². The lowest BCUT2D eigenvalue weighted by atomic mass is 9.81. The number of carbonyl (C=O) groups excluding carboxylic acids is 1. The number of carboxylic acids is 1. The molecule has 1 atom stereocenters. The molecule has 6 nitrogen and oxygen atoms in total. The van der Waals surface area contributed by atoms with Gasteiger partial charge in [0.05, 0.1) is 19.0 Å². The van der Waals surface area contributed by atoms with Gasteiger partial charge in [-0.05, 0) is 42.5 Å². The van der Waals surface area contributed by atoms with E-state index in [1.165, 1.54) is 24.0 Å². The van der Waals surface area contributed by atoms with Crippen molar-refractivity contribution in [1.29, 1.82) is 0 Å². The molecule has 1 amide bonds. The molecule has 6 heteroatoms. The van der Waals surface area contributed by atoms with Gasteiger partial charge in [-0.25, -0.2) is 0 Å². The molecule has 0 saturated carbocycles. The molecule has 1 aromatic rings. The quantitative estimate of drug-likeness (QED) is 0.737. The second-order valence-electron chi connectivity index (χ2n) is 6.75. The zero-order valence-electron chi connectivity index (χ0n) is 15.2. The lowest BCUT2D eigenvalue weighted by molar-refractivity contribution is -0.136. The highest BCUT2D eigenvalue weighted by molar-refractivity contribution is 5.78. The number of amides is 1. The number of allylic oxidation sites excluding steroid dienone is 5. The molecule has 2 aliphatic carbocycles. The number of pyridine rings is 1. The zero-order chi connectivity index (χ0) is 19.1. The standard InChI is InChI=1S/C21H24N2O4/c24-20(22-11-10-21(25)26)12-17-8-9-18(13-23-17)27-14-16-6-3-5-15-4-1-2-7-19(15)16/h1-2,4,7-9,13,15H,3,5-6,10-12,14H2,(H,22,24)(H,25,26). The molecule has 0 aliphatic heterocycles. The van der Waals surface area contributed by atoms with E-state index in [-0.39, 0.29) is 25.3 Å². The van der Waals surface area contributed by atoms with Gasteiger partial charge >= 0.3 is 5.97 Å². The maximum Gasteiger partial charge on any atom is 0.305 e. The van der Waals surface area contributed by atoms with E-state index < -0.39 is 5.97 Å². The Kier molecular flexibility index (Phi) is 6.41. The third-order valence-corrected chi connectivity index (χ3v) is 4.75. The van der Waals surface area contributed by atoms with E-state index in [9.17, 15) is 9.59 Å². The number of fused-ring (bicyclic) bond motifs is 1. The van der Waals surface area contributed by atoms with Crippen molar-refractivity contribution in [3.05, 3.63) is 59.5 Å². The second kappa shape index (κ2) is 9.16. The van der Waals surface area contributed by atoms with Gasteiger partial charge in [-0.3, -0.25) is 14.6 Å². The summed E-state index contributed by atoms with van der Waals surface area (Å²) in [4.78, 5) is 26.5. The average Bonchev–Trinajstić information content (AvgIpc) is 2.67. The SMILES string of the molecule is O=C(O)CCNC(=O)Cc1ccc(OCC2=C3C=CC=CC3CCC2)cn1. The molecule has 1 unspecified atom stereocenters. The summed E-state index contributed by atoms with van der Waals surface area (Å²) in [7, 11) is 0. The Bertz CT molecular complexity index is 778. The fourth-order valence-corrected chi connectivity index (χ4v) is 3.36. The number of aromatic nitrogens is 1. The highest BCUT2D eigenvalue weighted by Gasteiger charge is 2.20. The van der Waals surface area contributed by atoms with Crippen molar-refractivity contribution in [2.75, 3.05) is 13.2 Å². The van der Waals surface area contributed by atoms with Gasteiger partial charge < -0.3 is 15.2 Å². The molecule has 0 fully saturated rings. The largest absolute Gasteiger partial charge is 0.488 e. The van der Waals surface area contributed by atoms with Gasteiger partial charge in [-0.15, -0.1) is 0 Å². The summed E-state index contributed by atoms with van der Waals surface area (Å²) in [6.07, 6.45) is 13.7. The predicted octanol–water partition coefficient (Wildman–Crippen LogP) is 2.82. The molecular formula is C21H24N2O4. The van der Waals surface area contributed by atoms with E-state index in [2.05, 4.69) is 34.6 Å². The number of rotatable bonds is 8. The number of nitrogens with one attached hydrogen (secondary N) is 1. The molecule has 0 aromatic carbocycles. The average molecular weight is 368 g/mol. The number of hydrogen-bond donors (Lipinski definition) is 2. The molecule has 0 bridgehead atoms. The van der Waals surface area contributed by atoms with Crippen LogP contribution in [0.1, 0.15) is 31.4 Å². The van der Waals surface area contributed by atoms with E-state index in [4.69, 9.17) is 9.84 Å². The van der Waals surface area contributed by atoms with Crippen LogP contribution in [0.4, 0.5) is 0 Å². The Morgan fingerprint density at radius 3 is 2.96 bits per heavy atom. The van der Waals surface area contributed by atoms with E-state index in [0.717, 1.165) is 6.42 Å². The predicted molar refractivity (Wildman–Crippen MR) is 101 cm³/mol. The normalized spacial score (nSPS) is 18.1. The van der Waals surface area contributed by atoms with Crippen molar-refractivity contribution in [2.24, 2.45) is 5.92 Å². The van der Waals surface area contributed by atoms with Crippen LogP contribution in [-0.2, 0) is 16.0 Å². The third-order valence-electron chi connectivity index (χ3n) is 4.75. The Labute approximate surface area is 158 Å². The maximum absolute atomic E-state index is 11.8. The smallest absolute Gasteiger partial charge is 0.305 e. The minimum absolute atomic E-state index is 0.0877. The van der Waals surface area contributed by atoms with Gasteiger partial charge in [0.15, 0.2) is 0 Å². The van der Waals surface area contributed by atoms with Gasteiger partial charge in [-0.1, -0.05) is 24.3 Å². The molecule has 1 aromatic heterocycles. The van der Waals surface area contributed by atoms with Crippen molar-refractivity contribution in [3.8, 4) is 5.75 Å². The fourth-order valence-electron chi connectivity index (χ4n) is 3.36. The first-order valence-corrected chi connectivity index (χ1v) is 9.25. The van der Waals surface area contributed by atoms with Crippen LogP contribution in [0.2, 0.25) is 0 Å². The first-order valence-electron chi connectivity index (χ1n) is 9.25. The van der Waals surface area contributed by atoms with Crippen LogP contribution in [0.5, 0.6) is 5.75 Å². The van der Waals surface area contributed by atoms with Crippen LogP contribution in [0.25, 0.3) is 0 Å². The van der Waals surface area contributed by atoms with E-state index in [0.29, 0.717) is 24.0 Å². The van der Waals surface area contributed by atoms with E-state index >= 15 is 0 Å². The van der Waals surface area contributed by atoms with Crippen molar-refractivity contribution in [3.63, 3.8) is 0 Å². The Morgan fingerprint density at radius 2 is 2.19 bits per heavy atom. The first-order chi connectivity index (χ1) is 13.1. The summed E-state index contributed by atoms with van der Waals surface area (Å²) in [6, 6.07) is 3.58. The molecule has 2 N–H and O–H groups in total. The number of nitrogens with zero attached hydrogens (tertiary/aromatic N) is 1. The first kappa shape index (κ1) is 18.9. The molecule has 142 valence electrons. The minimum atomic E-state index is -0.935. The van der Waals surface area contributed by atoms with Crippen molar-refractivity contribution >= 4 is 11.9 Å². The highest BCUT2D eigenvalue weighted by atomic mass is 16.5. The molecule has 0 radical (unpaired) electrons. The van der Waals surface area contributed by atoms with Crippen LogP contribution in [-0.4, -0.2) is 35.1 Å². The topological polar surface area (TPSA) is 88.5 Å². The fraction of sp³-hybridized carbons (Fsp3) is 0.381. The lowest BCUT2D eigenvalue weighted by Gasteiger charge is -2.26. The van der Waals surface area contributed by atoms with Gasteiger partial charge in [0.1, 0.15) is 12.4 Å². The lowest BCUT2D eigenvalue weighted by Crippen LogP contribution is -2.27. The maximum atomic E-state index is 11.8. The summed E-state index contributed by atoms with van der Waals surface area (Å²) in [6.45, 7) is 0.679. The number of ether oxygens (including phenoxy) is 1. The van der Waals surface area contributed by atoms with Gasteiger partial charge in [0.25, 0.3) is 0 Å². The summed E-state index contributed by atoms with van der Waals surface area (Å²) >= 11 is 0. The van der Waals surface area contributed by atoms with Crippen LogP contribution in [0.3, 0.4) is 0 Å². The van der Waals surface area contributed by atoms with Crippen LogP contribution >= 0.6 is 0 Å². The van der Waals surface area contributed by atoms with Crippen LogP contribution in [0, 0.1) is 5.92 Å². The molecule has 2 aliphatic rings. The molecule has 0 spiro atoms. The summed E-state index contributed by atoms with van der Waals surface area (Å²) in [5.74, 6) is 0.0165. The van der Waals surface area contributed by atoms with Gasteiger partial charge in [0.2, 0.25) is 5.91 Å². The zero-order valence-corrected chi connectivity index (χ0v) is 15.2. The van der Waals surface area contributed by atoms with Crippen molar-refractivity contribution < 1.29 is 19.4 Å². The molecule has 3 rings (SSSR count). The summed E-state index contributed by atoms with van der Waals surface area (Å²) < 4.78 is 5.90. The van der Waals surface area contributed by atoms with Crippen molar-refractivity contribution in [2.45, 2.75) is 32.1 Å². The van der Waals surface area contributed by atoms with Gasteiger partial charge in [-0.2, -0.15) is 0 Å². The third kappa shape index (κ3) is 5.54. The molecule has 1 heterocycles. The second-order valence-corrected chi connectivity index (χ2v) is 6.75. The number of carboxylic acid groups (broad SMARTS) is 1. The molecule has 0 saturated heterocycles. The van der Waals surface area contributed by atoms with Crippen LogP contribution < -0.4 is 10.1 Å². The highest BCUT2D eigenvalue weighted by Crippen LogP contribution is 2.34. The van der Waals surface area contributed by atoms with Gasteiger partial charge in [0, 0.05) is 18.2 Å². The van der Waals surface area contributed by atoms with E-state index in [1.54, 1.807) is 12.3 Å². The molecular weight excluding hydrogens is 344 g/mol. The Morgan fingerprint density at radius 1 is 1.30 bits per heavy atom. The summed E-state index contributed by atoms with van der Waals surface area (Å²) in [5.41, 5.74) is 3.34. The summed E-state index contributed by atoms with van der Waals surface area (Å²) in [5, 5.41) is 11.1. The number of aliphatic carboxylic acids is 1. The van der Waals surface area contributed by atoms with E-state index in [1.807, 2.05) is 6.07 Å². The Hall–Kier alpha value is -2.89. The number of hydrogen-bond acceptors (Lipinski definition) is 4. The monoisotopic (exact) mass is 368 g/mol. The minimum Gasteiger partial charge on any atom is -0.488 e. The molecule has 27 heavy (non-hydrogen) atoms. The number of carbonyl (C=O) groups is 2. The Balaban J connectivity index is 1.50. The van der Waals surface area contributed by atoms with Crippen molar-refractivity contribution in [1.82, 2.24) is 10.3 Å².